The average Bonchev–Trinajstić information content (AvgIpc) is 3.17. The Hall–Kier alpha value is -2.34. The van der Waals surface area contributed by atoms with Crippen molar-refractivity contribution in [3.63, 3.8) is 0 Å². The first kappa shape index (κ1) is 15.2. The van der Waals surface area contributed by atoms with Crippen molar-refractivity contribution in [3.05, 3.63) is 47.4 Å². The molecule has 0 spiro atoms. The van der Waals surface area contributed by atoms with Gasteiger partial charge in [-0.15, -0.1) is 0 Å². The van der Waals surface area contributed by atoms with Crippen LogP contribution in [0.3, 0.4) is 0 Å². The molecule has 0 unspecified atom stereocenters. The summed E-state index contributed by atoms with van der Waals surface area (Å²) in [4.78, 5) is 12.5. The molecule has 1 amide bonds. The lowest BCUT2D eigenvalue weighted by atomic mass is 9.95. The first-order valence-electron chi connectivity index (χ1n) is 8.16. The Balaban J connectivity index is 1.56. The van der Waals surface area contributed by atoms with E-state index in [2.05, 4.69) is 15.5 Å². The largest absolute Gasteiger partial charge is 0.373 e. The Morgan fingerprint density at radius 3 is 2.79 bits per heavy atom. The van der Waals surface area contributed by atoms with E-state index in [9.17, 15) is 9.18 Å². The van der Waals surface area contributed by atoms with E-state index < -0.39 is 5.82 Å². The normalized spacial score (nSPS) is 25.0. The smallest absolute Gasteiger partial charge is 0.251 e. The summed E-state index contributed by atoms with van der Waals surface area (Å²) in [6, 6.07) is 7.83. The number of ether oxygens (including phenoxy) is 1. The molecule has 124 valence electrons. The highest BCUT2D eigenvalue weighted by atomic mass is 19.1. The van der Waals surface area contributed by atoms with Crippen LogP contribution in [0.4, 0.5) is 4.39 Å². The fourth-order valence-corrected chi connectivity index (χ4v) is 3.46. The third-order valence-corrected chi connectivity index (χ3v) is 4.68. The van der Waals surface area contributed by atoms with Gasteiger partial charge in [0.25, 0.3) is 5.91 Å². The maximum atomic E-state index is 14.0. The zero-order valence-corrected chi connectivity index (χ0v) is 13.3. The summed E-state index contributed by atoms with van der Waals surface area (Å²) >= 11 is 0. The summed E-state index contributed by atoms with van der Waals surface area (Å²) in [6.07, 6.45) is 3.22. The number of benzene rings is 1. The van der Waals surface area contributed by atoms with E-state index in [-0.39, 0.29) is 29.7 Å². The minimum Gasteiger partial charge on any atom is -0.373 e. The topological polar surface area (TPSA) is 64.1 Å². The SMILES string of the molecule is Cc1ccc(-c2cc(F)cc(C(=O)N[C@@H]3C[C@@H]4CC[C@H]3O4)c2)nn1. The van der Waals surface area contributed by atoms with Gasteiger partial charge in [-0.25, -0.2) is 4.39 Å². The zero-order chi connectivity index (χ0) is 16.7. The van der Waals surface area contributed by atoms with Crippen molar-refractivity contribution in [2.75, 3.05) is 0 Å². The third kappa shape index (κ3) is 2.89. The summed E-state index contributed by atoms with van der Waals surface area (Å²) < 4.78 is 19.7. The van der Waals surface area contributed by atoms with Crippen molar-refractivity contribution in [1.82, 2.24) is 15.5 Å². The molecule has 0 radical (unpaired) electrons. The molecule has 2 bridgehead atoms. The summed E-state index contributed by atoms with van der Waals surface area (Å²) in [5.41, 5.74) is 2.15. The van der Waals surface area contributed by atoms with E-state index in [0.29, 0.717) is 11.3 Å². The third-order valence-electron chi connectivity index (χ3n) is 4.68. The Morgan fingerprint density at radius 1 is 1.25 bits per heavy atom. The molecule has 2 aliphatic rings. The van der Waals surface area contributed by atoms with Crippen LogP contribution < -0.4 is 5.32 Å². The van der Waals surface area contributed by atoms with E-state index in [1.54, 1.807) is 18.2 Å². The van der Waals surface area contributed by atoms with E-state index in [4.69, 9.17) is 4.74 Å². The molecule has 0 saturated carbocycles. The summed E-state index contributed by atoms with van der Waals surface area (Å²) in [5, 5.41) is 11.0. The summed E-state index contributed by atoms with van der Waals surface area (Å²) in [7, 11) is 0. The molecule has 2 fully saturated rings. The fourth-order valence-electron chi connectivity index (χ4n) is 3.46. The lowest BCUT2D eigenvalue weighted by molar-refractivity contribution is 0.0840. The molecule has 6 heteroatoms. The van der Waals surface area contributed by atoms with Crippen molar-refractivity contribution in [1.29, 1.82) is 0 Å². The Labute approximate surface area is 139 Å². The number of aromatic nitrogens is 2. The van der Waals surface area contributed by atoms with Gasteiger partial charge >= 0.3 is 0 Å². The molecule has 24 heavy (non-hydrogen) atoms. The molecule has 0 aliphatic carbocycles. The predicted octanol–water partition coefficient (Wildman–Crippen LogP) is 2.64. The number of carbonyl (C=O) groups excluding carboxylic acids is 1. The molecule has 3 atom stereocenters. The minimum atomic E-state index is -0.468. The van der Waals surface area contributed by atoms with Gasteiger partial charge in [0.2, 0.25) is 0 Å². The van der Waals surface area contributed by atoms with Gasteiger partial charge in [-0.2, -0.15) is 10.2 Å². The number of fused-ring (bicyclic) bond motifs is 2. The molecule has 4 rings (SSSR count). The Bertz CT molecular complexity index is 778. The van der Waals surface area contributed by atoms with E-state index in [1.165, 1.54) is 12.1 Å². The van der Waals surface area contributed by atoms with Crippen molar-refractivity contribution in [2.45, 2.75) is 44.4 Å². The van der Waals surface area contributed by atoms with Crippen molar-refractivity contribution >= 4 is 5.91 Å². The molecule has 2 saturated heterocycles. The molecule has 1 N–H and O–H groups in total. The van der Waals surface area contributed by atoms with Crippen LogP contribution >= 0.6 is 0 Å². The number of nitrogens with one attached hydrogen (secondary N) is 1. The van der Waals surface area contributed by atoms with Gasteiger partial charge in [0.1, 0.15) is 5.82 Å². The second kappa shape index (κ2) is 5.94. The fraction of sp³-hybridized carbons (Fsp3) is 0.389. The molecule has 1 aromatic heterocycles. The molecule has 2 aliphatic heterocycles. The van der Waals surface area contributed by atoms with Gasteiger partial charge in [-0.3, -0.25) is 4.79 Å². The lowest BCUT2D eigenvalue weighted by Crippen LogP contribution is -2.41. The molecular weight excluding hydrogens is 309 g/mol. The highest BCUT2D eigenvalue weighted by Crippen LogP contribution is 2.34. The first-order chi connectivity index (χ1) is 11.6. The number of rotatable bonds is 3. The van der Waals surface area contributed by atoms with Crippen molar-refractivity contribution < 1.29 is 13.9 Å². The van der Waals surface area contributed by atoms with Crippen LogP contribution in [-0.2, 0) is 4.74 Å². The van der Waals surface area contributed by atoms with Gasteiger partial charge in [0.15, 0.2) is 0 Å². The highest BCUT2D eigenvalue weighted by molar-refractivity contribution is 5.95. The molecular formula is C18H18FN3O2. The second-order valence-electron chi connectivity index (χ2n) is 6.48. The van der Waals surface area contributed by atoms with E-state index in [0.717, 1.165) is 25.0 Å². The lowest BCUT2D eigenvalue weighted by Gasteiger charge is -2.20. The van der Waals surface area contributed by atoms with Gasteiger partial charge < -0.3 is 10.1 Å². The maximum absolute atomic E-state index is 14.0. The standard InChI is InChI=1S/C18H18FN3O2/c1-10-2-4-15(22-21-10)11-6-12(8-13(19)7-11)18(23)20-16-9-14-3-5-17(16)24-14/h2,4,6-8,14,16-17H,3,5,9H2,1H3,(H,20,23)/t14-,16+,17+/m0/s1. The summed E-state index contributed by atoms with van der Waals surface area (Å²) in [6.45, 7) is 1.83. The van der Waals surface area contributed by atoms with Gasteiger partial charge in [-0.05, 0) is 56.5 Å². The second-order valence-corrected chi connectivity index (χ2v) is 6.48. The monoisotopic (exact) mass is 327 g/mol. The molecule has 2 aromatic rings. The first-order valence-corrected chi connectivity index (χ1v) is 8.16. The van der Waals surface area contributed by atoms with Crippen LogP contribution in [0.15, 0.2) is 30.3 Å². The number of amides is 1. The van der Waals surface area contributed by atoms with Gasteiger partial charge in [-0.1, -0.05) is 0 Å². The molecule has 1 aromatic carbocycles. The van der Waals surface area contributed by atoms with Crippen LogP contribution in [0.5, 0.6) is 0 Å². The van der Waals surface area contributed by atoms with Gasteiger partial charge in [0, 0.05) is 11.1 Å². The Morgan fingerprint density at radius 2 is 2.12 bits per heavy atom. The van der Waals surface area contributed by atoms with Crippen LogP contribution in [0.25, 0.3) is 11.3 Å². The molecule has 5 nitrogen and oxygen atoms in total. The highest BCUT2D eigenvalue weighted by Gasteiger charge is 2.41. The zero-order valence-electron chi connectivity index (χ0n) is 13.3. The average molecular weight is 327 g/mol. The quantitative estimate of drug-likeness (QED) is 0.941. The minimum absolute atomic E-state index is 0.0159. The number of carbonyl (C=O) groups is 1. The van der Waals surface area contributed by atoms with Gasteiger partial charge in [0.05, 0.1) is 29.6 Å². The number of aryl methyl sites for hydroxylation is 1. The van der Waals surface area contributed by atoms with Crippen LogP contribution in [0.1, 0.15) is 35.3 Å². The predicted molar refractivity (Wildman–Crippen MR) is 85.9 cm³/mol. The number of nitrogens with zero attached hydrogens (tertiary/aromatic N) is 2. The van der Waals surface area contributed by atoms with Crippen LogP contribution in [0.2, 0.25) is 0 Å². The van der Waals surface area contributed by atoms with E-state index >= 15 is 0 Å². The van der Waals surface area contributed by atoms with Crippen LogP contribution in [-0.4, -0.2) is 34.4 Å². The number of hydrogen-bond acceptors (Lipinski definition) is 4. The van der Waals surface area contributed by atoms with Crippen molar-refractivity contribution in [3.8, 4) is 11.3 Å². The maximum Gasteiger partial charge on any atom is 0.251 e. The summed E-state index contributed by atoms with van der Waals surface area (Å²) in [5.74, 6) is -0.749. The molecule has 3 heterocycles. The van der Waals surface area contributed by atoms with Crippen molar-refractivity contribution in [2.24, 2.45) is 0 Å². The van der Waals surface area contributed by atoms with E-state index in [1.807, 2.05) is 6.92 Å². The van der Waals surface area contributed by atoms with Crippen LogP contribution in [0, 0.1) is 12.7 Å². The number of hydrogen-bond donors (Lipinski definition) is 1. The number of halogens is 1. The Kier molecular flexibility index (Phi) is 3.76.